The topological polar surface area (TPSA) is 73.8 Å². The number of methoxy groups -OCH3 is 1. The fraction of sp³-hybridized carbons (Fsp3) is 0.174. The first kappa shape index (κ1) is 19.3. The lowest BCUT2D eigenvalue weighted by atomic mass is 10.1. The van der Waals surface area contributed by atoms with E-state index in [1.165, 1.54) is 11.3 Å². The van der Waals surface area contributed by atoms with Gasteiger partial charge in [0.2, 0.25) is 0 Å². The first-order chi connectivity index (χ1) is 15.2. The molecule has 0 fully saturated rings. The Bertz CT molecular complexity index is 1200. The van der Waals surface area contributed by atoms with E-state index < -0.39 is 0 Å². The second-order valence-electron chi connectivity index (χ2n) is 6.94. The standard InChI is InChI=1S/C23H19N3O4S/c1-28-17-6-2-5-16(10-17)22(27)26(14-15-4-3-7-24-13-15)23-25-18-11-19-20(12-21(18)31-23)30-9-8-29-19/h2-7,10-13H,8-9,14H2,1H3. The third-order valence-corrected chi connectivity index (χ3v) is 5.94. The summed E-state index contributed by atoms with van der Waals surface area (Å²) in [6.07, 6.45) is 3.46. The smallest absolute Gasteiger partial charge is 0.260 e. The number of hydrogen-bond donors (Lipinski definition) is 0. The third-order valence-electron chi connectivity index (χ3n) is 4.90. The number of carbonyl (C=O) groups excluding carboxylic acids is 1. The Balaban J connectivity index is 1.57. The second-order valence-corrected chi connectivity index (χ2v) is 7.95. The molecular weight excluding hydrogens is 414 g/mol. The van der Waals surface area contributed by atoms with Gasteiger partial charge in [-0.2, -0.15) is 0 Å². The van der Waals surface area contributed by atoms with E-state index in [1.807, 2.05) is 30.3 Å². The van der Waals surface area contributed by atoms with E-state index >= 15 is 0 Å². The summed E-state index contributed by atoms with van der Waals surface area (Å²) < 4.78 is 17.6. The van der Waals surface area contributed by atoms with Gasteiger partial charge in [0.25, 0.3) is 5.91 Å². The summed E-state index contributed by atoms with van der Waals surface area (Å²) >= 11 is 1.44. The summed E-state index contributed by atoms with van der Waals surface area (Å²) in [7, 11) is 1.58. The number of fused-ring (bicyclic) bond motifs is 2. The second kappa shape index (κ2) is 8.23. The van der Waals surface area contributed by atoms with Crippen molar-refractivity contribution in [2.45, 2.75) is 6.54 Å². The Kier molecular flexibility index (Phi) is 5.13. The molecule has 5 rings (SSSR count). The van der Waals surface area contributed by atoms with Gasteiger partial charge < -0.3 is 14.2 Å². The Morgan fingerprint density at radius 3 is 2.74 bits per heavy atom. The van der Waals surface area contributed by atoms with Crippen LogP contribution in [-0.4, -0.2) is 36.2 Å². The predicted octanol–water partition coefficient (Wildman–Crippen LogP) is 4.32. The van der Waals surface area contributed by atoms with E-state index in [2.05, 4.69) is 4.98 Å². The molecule has 0 unspecified atom stereocenters. The van der Waals surface area contributed by atoms with Crippen molar-refractivity contribution in [2.24, 2.45) is 0 Å². The molecule has 156 valence electrons. The number of rotatable bonds is 5. The fourth-order valence-electron chi connectivity index (χ4n) is 3.38. The average molecular weight is 433 g/mol. The number of benzene rings is 2. The van der Waals surface area contributed by atoms with E-state index in [0.29, 0.717) is 47.7 Å². The van der Waals surface area contributed by atoms with Crippen LogP contribution in [0, 0.1) is 0 Å². The van der Waals surface area contributed by atoms with Gasteiger partial charge in [-0.05, 0) is 29.8 Å². The summed E-state index contributed by atoms with van der Waals surface area (Å²) in [5.41, 5.74) is 2.19. The monoisotopic (exact) mass is 433 g/mol. The Hall–Kier alpha value is -3.65. The number of amides is 1. The van der Waals surface area contributed by atoms with Gasteiger partial charge in [-0.3, -0.25) is 14.7 Å². The number of ether oxygens (including phenoxy) is 3. The van der Waals surface area contributed by atoms with Crippen molar-refractivity contribution in [2.75, 3.05) is 25.2 Å². The lowest BCUT2D eigenvalue weighted by Crippen LogP contribution is -2.30. The molecule has 0 aliphatic carbocycles. The summed E-state index contributed by atoms with van der Waals surface area (Å²) in [6, 6.07) is 14.7. The third kappa shape index (κ3) is 3.89. The Labute approximate surface area is 182 Å². The zero-order chi connectivity index (χ0) is 21.2. The van der Waals surface area contributed by atoms with E-state index in [4.69, 9.17) is 19.2 Å². The lowest BCUT2D eigenvalue weighted by molar-refractivity contribution is 0.0984. The molecule has 31 heavy (non-hydrogen) atoms. The summed E-state index contributed by atoms with van der Waals surface area (Å²) in [5.74, 6) is 1.83. The summed E-state index contributed by atoms with van der Waals surface area (Å²) in [5, 5.41) is 0.592. The van der Waals surface area contributed by atoms with Crippen molar-refractivity contribution in [1.82, 2.24) is 9.97 Å². The van der Waals surface area contributed by atoms with E-state index in [1.54, 1.807) is 42.6 Å². The molecule has 2 aromatic heterocycles. The van der Waals surface area contributed by atoms with Crippen LogP contribution in [-0.2, 0) is 6.54 Å². The average Bonchev–Trinajstić information content (AvgIpc) is 3.23. The van der Waals surface area contributed by atoms with E-state index in [-0.39, 0.29) is 5.91 Å². The molecule has 0 N–H and O–H groups in total. The predicted molar refractivity (Wildman–Crippen MR) is 118 cm³/mol. The van der Waals surface area contributed by atoms with Crippen LogP contribution in [0.3, 0.4) is 0 Å². The number of carbonyl (C=O) groups is 1. The maximum Gasteiger partial charge on any atom is 0.260 e. The molecule has 1 amide bonds. The molecule has 0 bridgehead atoms. The van der Waals surface area contributed by atoms with Crippen LogP contribution in [0.4, 0.5) is 5.13 Å². The first-order valence-corrected chi connectivity index (χ1v) is 10.6. The molecule has 0 radical (unpaired) electrons. The van der Waals surface area contributed by atoms with Crippen molar-refractivity contribution >= 4 is 32.6 Å². The van der Waals surface area contributed by atoms with Crippen molar-refractivity contribution in [3.8, 4) is 17.2 Å². The highest BCUT2D eigenvalue weighted by Crippen LogP contribution is 2.39. The maximum atomic E-state index is 13.5. The highest BCUT2D eigenvalue weighted by atomic mass is 32.1. The molecule has 7 nitrogen and oxygen atoms in total. The lowest BCUT2D eigenvalue weighted by Gasteiger charge is -2.20. The van der Waals surface area contributed by atoms with Crippen LogP contribution in [0.25, 0.3) is 10.2 Å². The molecule has 0 saturated heterocycles. The zero-order valence-corrected chi connectivity index (χ0v) is 17.6. The highest BCUT2D eigenvalue weighted by Gasteiger charge is 2.23. The van der Waals surface area contributed by atoms with Gasteiger partial charge in [-0.15, -0.1) is 0 Å². The number of pyridine rings is 1. The van der Waals surface area contributed by atoms with Crippen LogP contribution in [0.1, 0.15) is 15.9 Å². The number of nitrogens with zero attached hydrogens (tertiary/aromatic N) is 3. The number of aromatic nitrogens is 2. The van der Waals surface area contributed by atoms with Crippen molar-refractivity contribution < 1.29 is 19.0 Å². The van der Waals surface area contributed by atoms with Gasteiger partial charge in [0.1, 0.15) is 19.0 Å². The quantitative estimate of drug-likeness (QED) is 0.467. The fourth-order valence-corrected chi connectivity index (χ4v) is 4.35. The van der Waals surface area contributed by atoms with Gasteiger partial charge in [0.15, 0.2) is 16.6 Å². The molecule has 0 saturated carbocycles. The van der Waals surface area contributed by atoms with Crippen molar-refractivity contribution in [3.05, 3.63) is 72.1 Å². The summed E-state index contributed by atoms with van der Waals surface area (Å²) in [6.45, 7) is 1.37. The van der Waals surface area contributed by atoms with Crippen molar-refractivity contribution in [3.63, 3.8) is 0 Å². The normalized spacial score (nSPS) is 12.5. The highest BCUT2D eigenvalue weighted by molar-refractivity contribution is 7.22. The molecular formula is C23H19N3O4S. The minimum absolute atomic E-state index is 0.168. The molecule has 0 atom stereocenters. The molecule has 0 spiro atoms. The maximum absolute atomic E-state index is 13.5. The minimum Gasteiger partial charge on any atom is -0.497 e. The number of thiazole rings is 1. The zero-order valence-electron chi connectivity index (χ0n) is 16.8. The Morgan fingerprint density at radius 2 is 1.97 bits per heavy atom. The van der Waals surface area contributed by atoms with Crippen LogP contribution in [0.2, 0.25) is 0 Å². The molecule has 2 aromatic carbocycles. The Morgan fingerprint density at radius 1 is 1.13 bits per heavy atom. The molecule has 4 aromatic rings. The van der Waals surface area contributed by atoms with Gasteiger partial charge in [0.05, 0.1) is 23.9 Å². The van der Waals surface area contributed by atoms with Crippen LogP contribution in [0.5, 0.6) is 17.2 Å². The van der Waals surface area contributed by atoms with E-state index in [9.17, 15) is 4.79 Å². The molecule has 8 heteroatoms. The van der Waals surface area contributed by atoms with E-state index in [0.717, 1.165) is 15.8 Å². The molecule has 1 aliphatic rings. The first-order valence-electron chi connectivity index (χ1n) is 9.76. The molecule has 3 heterocycles. The van der Waals surface area contributed by atoms with Gasteiger partial charge in [-0.25, -0.2) is 4.98 Å². The van der Waals surface area contributed by atoms with Crippen molar-refractivity contribution in [1.29, 1.82) is 0 Å². The number of hydrogen-bond acceptors (Lipinski definition) is 7. The van der Waals surface area contributed by atoms with Crippen LogP contribution < -0.4 is 19.1 Å². The SMILES string of the molecule is COc1cccc(C(=O)N(Cc2cccnc2)c2nc3cc4c(cc3s2)OCCO4)c1. The summed E-state index contributed by atoms with van der Waals surface area (Å²) in [4.78, 5) is 24.1. The minimum atomic E-state index is -0.168. The van der Waals surface area contributed by atoms with Gasteiger partial charge >= 0.3 is 0 Å². The molecule has 1 aliphatic heterocycles. The van der Waals surface area contributed by atoms with Crippen LogP contribution >= 0.6 is 11.3 Å². The number of anilines is 1. The van der Waals surface area contributed by atoms with Gasteiger partial charge in [0, 0.05) is 30.1 Å². The van der Waals surface area contributed by atoms with Crippen LogP contribution in [0.15, 0.2) is 60.9 Å². The van der Waals surface area contributed by atoms with Gasteiger partial charge in [-0.1, -0.05) is 23.5 Å². The largest absolute Gasteiger partial charge is 0.497 e.